The van der Waals surface area contributed by atoms with Gasteiger partial charge in [0.15, 0.2) is 0 Å². The van der Waals surface area contributed by atoms with Gasteiger partial charge >= 0.3 is 0 Å². The van der Waals surface area contributed by atoms with Gasteiger partial charge in [0.05, 0.1) is 31.2 Å². The zero-order chi connectivity index (χ0) is 18.1. The lowest BCUT2D eigenvalue weighted by molar-refractivity contribution is 0.0397. The summed E-state index contributed by atoms with van der Waals surface area (Å²) in [5.74, 6) is 0.486. The van der Waals surface area contributed by atoms with Crippen molar-refractivity contribution in [2.45, 2.75) is 20.0 Å². The Balaban J connectivity index is 1.69. The van der Waals surface area contributed by atoms with E-state index in [9.17, 15) is 0 Å². The van der Waals surface area contributed by atoms with Crippen molar-refractivity contribution in [2.75, 3.05) is 39.4 Å². The van der Waals surface area contributed by atoms with Crippen molar-refractivity contribution in [1.82, 2.24) is 20.4 Å². The zero-order valence-corrected chi connectivity index (χ0v) is 16.2. The van der Waals surface area contributed by atoms with Gasteiger partial charge in [-0.25, -0.2) is 0 Å². The Labute approximate surface area is 160 Å². The topological polar surface area (TPSA) is 39.8 Å². The highest BCUT2D eigenvalue weighted by atomic mass is 35.5. The van der Waals surface area contributed by atoms with Crippen molar-refractivity contribution in [2.24, 2.45) is 5.92 Å². The van der Waals surface area contributed by atoms with Crippen molar-refractivity contribution in [3.63, 3.8) is 0 Å². The molecule has 0 amide bonds. The maximum atomic E-state index is 6.10. The van der Waals surface area contributed by atoms with Gasteiger partial charge in [0.1, 0.15) is 6.17 Å². The summed E-state index contributed by atoms with van der Waals surface area (Å²) in [6.07, 6.45) is 2.53. The van der Waals surface area contributed by atoms with Crippen LogP contribution in [0.1, 0.15) is 19.4 Å². The van der Waals surface area contributed by atoms with Gasteiger partial charge in [0.2, 0.25) is 0 Å². The first kappa shape index (κ1) is 17.7. The van der Waals surface area contributed by atoms with Gasteiger partial charge in [-0.3, -0.25) is 4.90 Å². The number of hydrogen-bond acceptors (Lipinski definition) is 5. The second kappa shape index (κ2) is 7.51. The van der Waals surface area contributed by atoms with Gasteiger partial charge < -0.3 is 20.3 Å². The third-order valence-electron chi connectivity index (χ3n) is 5.26. The summed E-state index contributed by atoms with van der Waals surface area (Å²) in [5, 5.41) is 8.06. The van der Waals surface area contributed by atoms with Gasteiger partial charge in [-0.15, -0.1) is 0 Å². The van der Waals surface area contributed by atoms with Crippen LogP contribution in [-0.2, 0) is 4.74 Å². The van der Waals surface area contributed by atoms with Crippen LogP contribution in [0.2, 0.25) is 5.02 Å². The van der Waals surface area contributed by atoms with Crippen LogP contribution in [0, 0.1) is 5.92 Å². The van der Waals surface area contributed by atoms with E-state index in [1.165, 1.54) is 22.7 Å². The number of allylic oxidation sites excluding steroid dienone is 1. The minimum absolute atomic E-state index is 0.249. The lowest BCUT2D eigenvalue weighted by Gasteiger charge is -2.35. The van der Waals surface area contributed by atoms with Crippen LogP contribution in [0.5, 0.6) is 0 Å². The van der Waals surface area contributed by atoms with Gasteiger partial charge in [-0.2, -0.15) is 0 Å². The zero-order valence-electron chi connectivity index (χ0n) is 15.5. The molecule has 0 radical (unpaired) electrons. The molecule has 1 fully saturated rings. The van der Waals surface area contributed by atoms with Crippen molar-refractivity contribution in [1.29, 1.82) is 0 Å². The predicted molar refractivity (Wildman–Crippen MR) is 105 cm³/mol. The first-order valence-corrected chi connectivity index (χ1v) is 9.79. The molecule has 0 aliphatic carbocycles. The number of halogens is 1. The summed E-state index contributed by atoms with van der Waals surface area (Å²) in [7, 11) is 0. The van der Waals surface area contributed by atoms with E-state index >= 15 is 0 Å². The Morgan fingerprint density at radius 1 is 1.19 bits per heavy atom. The average Bonchev–Trinajstić information content (AvgIpc) is 3.01. The lowest BCUT2D eigenvalue weighted by atomic mass is 10.1. The van der Waals surface area contributed by atoms with Gasteiger partial charge in [0, 0.05) is 36.6 Å². The fraction of sp³-hybridized carbons (Fsp3) is 0.500. The van der Waals surface area contributed by atoms with Crippen LogP contribution in [0.15, 0.2) is 41.9 Å². The van der Waals surface area contributed by atoms with E-state index in [-0.39, 0.29) is 6.17 Å². The Bertz CT molecular complexity index is 707. The van der Waals surface area contributed by atoms with Crippen LogP contribution in [-0.4, -0.2) is 55.4 Å². The van der Waals surface area contributed by atoms with Crippen LogP contribution >= 0.6 is 11.6 Å². The quantitative estimate of drug-likeness (QED) is 0.847. The maximum absolute atomic E-state index is 6.10. The highest BCUT2D eigenvalue weighted by Gasteiger charge is 2.34. The Morgan fingerprint density at radius 2 is 1.92 bits per heavy atom. The molecule has 0 spiro atoms. The molecular weight excluding hydrogens is 348 g/mol. The third kappa shape index (κ3) is 3.56. The standard InChI is InChI=1S/C20H27ClN4O/c1-14(2)17-12-25-18(13-24-7-9-26-10-8-24)20(23-19(25)11-22-17)15-3-5-16(21)6-4-15/h3-6,12,14,19,22-23H,7-11,13H2,1-2H3. The SMILES string of the molecule is CC(C)C1=CN2C(CN3CCOCC3)=C(c3ccc(Cl)cc3)NC2CN1. The fourth-order valence-corrected chi connectivity index (χ4v) is 3.84. The number of rotatable bonds is 4. The molecule has 5 nitrogen and oxygen atoms in total. The summed E-state index contributed by atoms with van der Waals surface area (Å²) in [4.78, 5) is 4.90. The van der Waals surface area contributed by atoms with Gasteiger partial charge in [-0.05, 0) is 23.6 Å². The average molecular weight is 375 g/mol. The normalized spacial score (nSPS) is 23.6. The largest absolute Gasteiger partial charge is 0.383 e. The molecule has 1 unspecified atom stereocenters. The number of nitrogens with zero attached hydrogens (tertiary/aromatic N) is 2. The molecule has 1 aromatic carbocycles. The smallest absolute Gasteiger partial charge is 0.121 e. The van der Waals surface area contributed by atoms with Crippen LogP contribution in [0.25, 0.3) is 5.70 Å². The molecule has 3 aliphatic rings. The Hall–Kier alpha value is -1.69. The minimum Gasteiger partial charge on any atom is -0.383 e. The number of benzene rings is 1. The second-order valence-electron chi connectivity index (χ2n) is 7.40. The van der Waals surface area contributed by atoms with E-state index in [0.717, 1.165) is 44.4 Å². The molecule has 6 heteroatoms. The molecule has 0 bridgehead atoms. The molecule has 3 heterocycles. The monoisotopic (exact) mass is 374 g/mol. The molecule has 0 aromatic heterocycles. The Kier molecular flexibility index (Phi) is 5.11. The van der Waals surface area contributed by atoms with Gasteiger partial charge in [0.25, 0.3) is 0 Å². The molecule has 0 saturated carbocycles. The summed E-state index contributed by atoms with van der Waals surface area (Å²) < 4.78 is 5.52. The molecule has 2 N–H and O–H groups in total. The van der Waals surface area contributed by atoms with E-state index in [1.54, 1.807) is 0 Å². The van der Waals surface area contributed by atoms with Crippen molar-refractivity contribution < 1.29 is 4.74 Å². The van der Waals surface area contributed by atoms with Crippen molar-refractivity contribution in [3.05, 3.63) is 52.4 Å². The van der Waals surface area contributed by atoms with Gasteiger partial charge in [-0.1, -0.05) is 37.6 Å². The third-order valence-corrected chi connectivity index (χ3v) is 5.51. The first-order chi connectivity index (χ1) is 12.6. The van der Waals surface area contributed by atoms with Crippen molar-refractivity contribution >= 4 is 17.3 Å². The number of morpholine rings is 1. The summed E-state index contributed by atoms with van der Waals surface area (Å²) in [5.41, 5.74) is 5.02. The first-order valence-electron chi connectivity index (χ1n) is 9.41. The summed E-state index contributed by atoms with van der Waals surface area (Å²) in [6.45, 7) is 9.87. The highest BCUT2D eigenvalue weighted by molar-refractivity contribution is 6.30. The minimum atomic E-state index is 0.249. The molecule has 3 aliphatic heterocycles. The van der Waals surface area contributed by atoms with E-state index in [4.69, 9.17) is 16.3 Å². The fourth-order valence-electron chi connectivity index (χ4n) is 3.72. The van der Waals surface area contributed by atoms with Crippen LogP contribution < -0.4 is 10.6 Å². The van der Waals surface area contributed by atoms with Crippen molar-refractivity contribution in [3.8, 4) is 0 Å². The number of nitrogens with one attached hydrogen (secondary N) is 2. The maximum Gasteiger partial charge on any atom is 0.121 e. The number of ether oxygens (including phenoxy) is 1. The van der Waals surface area contributed by atoms with Crippen LogP contribution in [0.4, 0.5) is 0 Å². The lowest BCUT2D eigenvalue weighted by Crippen LogP contribution is -2.48. The molecule has 1 saturated heterocycles. The molecule has 26 heavy (non-hydrogen) atoms. The van der Waals surface area contributed by atoms with E-state index in [0.29, 0.717) is 5.92 Å². The molecule has 1 atom stereocenters. The van der Waals surface area contributed by atoms with E-state index < -0.39 is 0 Å². The summed E-state index contributed by atoms with van der Waals surface area (Å²) in [6, 6.07) is 8.12. The molecule has 1 aromatic rings. The summed E-state index contributed by atoms with van der Waals surface area (Å²) >= 11 is 6.10. The predicted octanol–water partition coefficient (Wildman–Crippen LogP) is 2.67. The van der Waals surface area contributed by atoms with E-state index in [1.807, 2.05) is 12.1 Å². The molecule has 4 rings (SSSR count). The highest BCUT2D eigenvalue weighted by Crippen LogP contribution is 2.32. The van der Waals surface area contributed by atoms with Crippen LogP contribution in [0.3, 0.4) is 0 Å². The second-order valence-corrected chi connectivity index (χ2v) is 7.84. The Morgan fingerprint density at radius 3 is 2.62 bits per heavy atom. The number of hydrogen-bond donors (Lipinski definition) is 2. The number of fused-ring (bicyclic) bond motifs is 1. The molecule has 140 valence electrons. The van der Waals surface area contributed by atoms with E-state index in [2.05, 4.69) is 52.6 Å². The molecular formula is C20H27ClN4O.